The van der Waals surface area contributed by atoms with Crippen LogP contribution in [0.5, 0.6) is 0 Å². The summed E-state index contributed by atoms with van der Waals surface area (Å²) in [5.41, 5.74) is 17.5. The molecule has 0 heterocycles. The summed E-state index contributed by atoms with van der Waals surface area (Å²) < 4.78 is 0. The van der Waals surface area contributed by atoms with E-state index in [1.54, 1.807) is 5.56 Å². The van der Waals surface area contributed by atoms with Crippen LogP contribution in [-0.2, 0) is 0 Å². The molecule has 1 unspecified atom stereocenters. The fraction of sp³-hybridized carbons (Fsp3) is 0.200. The SMILES string of the molecule is Cc1c(C)c(C)c2c(c1C)-c1ccccc1C2C1c2ccccc2-c2ccccc21. The zero-order chi connectivity index (χ0) is 20.6. The average molecular weight is 387 g/mol. The third-order valence-corrected chi connectivity index (χ3v) is 7.83. The van der Waals surface area contributed by atoms with Gasteiger partial charge in [-0.3, -0.25) is 0 Å². The largest absolute Gasteiger partial charge is 0.0619 e. The Morgan fingerprint density at radius 2 is 0.867 bits per heavy atom. The van der Waals surface area contributed by atoms with Gasteiger partial charge >= 0.3 is 0 Å². The summed E-state index contributed by atoms with van der Waals surface area (Å²) in [5, 5.41) is 0. The maximum Gasteiger partial charge on any atom is 0.0214 e. The Bertz CT molecular complexity index is 1290. The molecule has 0 fully saturated rings. The molecular weight excluding hydrogens is 360 g/mol. The van der Waals surface area contributed by atoms with E-state index >= 15 is 0 Å². The molecule has 2 aliphatic rings. The molecule has 0 radical (unpaired) electrons. The average Bonchev–Trinajstić information content (AvgIpc) is 3.29. The van der Waals surface area contributed by atoms with E-state index in [1.165, 1.54) is 61.2 Å². The van der Waals surface area contributed by atoms with Crippen molar-refractivity contribution >= 4 is 0 Å². The third kappa shape index (κ3) is 2.12. The Labute approximate surface area is 179 Å². The van der Waals surface area contributed by atoms with Crippen LogP contribution < -0.4 is 0 Å². The molecule has 0 N–H and O–H groups in total. The van der Waals surface area contributed by atoms with Crippen LogP contribution in [-0.4, -0.2) is 0 Å². The van der Waals surface area contributed by atoms with Gasteiger partial charge in [-0.15, -0.1) is 0 Å². The second-order valence-electron chi connectivity index (χ2n) is 9.01. The van der Waals surface area contributed by atoms with Crippen molar-refractivity contribution in [2.45, 2.75) is 39.5 Å². The number of hydrogen-bond acceptors (Lipinski definition) is 0. The minimum Gasteiger partial charge on any atom is -0.0619 e. The molecule has 0 amide bonds. The highest BCUT2D eigenvalue weighted by Crippen LogP contribution is 2.59. The lowest BCUT2D eigenvalue weighted by Gasteiger charge is -2.27. The predicted octanol–water partition coefficient (Wildman–Crippen LogP) is 7.85. The normalized spacial score (nSPS) is 16.2. The van der Waals surface area contributed by atoms with E-state index in [0.717, 1.165) is 0 Å². The summed E-state index contributed by atoms with van der Waals surface area (Å²) in [6, 6.07) is 27.2. The van der Waals surface area contributed by atoms with E-state index < -0.39 is 0 Å². The molecule has 0 bridgehead atoms. The molecular formula is C30H26. The van der Waals surface area contributed by atoms with Crippen molar-refractivity contribution < 1.29 is 0 Å². The molecule has 0 aromatic heterocycles. The van der Waals surface area contributed by atoms with Crippen LogP contribution in [0, 0.1) is 27.7 Å². The van der Waals surface area contributed by atoms with Crippen LogP contribution >= 0.6 is 0 Å². The Morgan fingerprint density at radius 1 is 0.433 bits per heavy atom. The van der Waals surface area contributed by atoms with E-state index in [-0.39, 0.29) is 0 Å². The maximum absolute atomic E-state index is 2.37. The van der Waals surface area contributed by atoms with Crippen LogP contribution in [0.3, 0.4) is 0 Å². The molecule has 0 saturated heterocycles. The summed E-state index contributed by atoms with van der Waals surface area (Å²) in [6.07, 6.45) is 0. The zero-order valence-electron chi connectivity index (χ0n) is 18.1. The van der Waals surface area contributed by atoms with E-state index in [2.05, 4.69) is 100 Å². The van der Waals surface area contributed by atoms with Crippen molar-refractivity contribution in [2.24, 2.45) is 0 Å². The highest BCUT2D eigenvalue weighted by molar-refractivity contribution is 5.87. The molecule has 146 valence electrons. The molecule has 0 heteroatoms. The molecule has 0 nitrogen and oxygen atoms in total. The van der Waals surface area contributed by atoms with E-state index in [4.69, 9.17) is 0 Å². The Balaban J connectivity index is 1.72. The van der Waals surface area contributed by atoms with Crippen LogP contribution in [0.1, 0.15) is 56.3 Å². The first-order chi connectivity index (χ1) is 14.6. The number of rotatable bonds is 1. The Morgan fingerprint density at radius 3 is 1.43 bits per heavy atom. The molecule has 0 aliphatic heterocycles. The van der Waals surface area contributed by atoms with Gasteiger partial charge in [0.25, 0.3) is 0 Å². The minimum absolute atomic E-state index is 0.360. The minimum atomic E-state index is 0.360. The van der Waals surface area contributed by atoms with Crippen LogP contribution in [0.2, 0.25) is 0 Å². The van der Waals surface area contributed by atoms with Crippen molar-refractivity contribution in [3.05, 3.63) is 117 Å². The van der Waals surface area contributed by atoms with Gasteiger partial charge in [0.2, 0.25) is 0 Å². The van der Waals surface area contributed by atoms with Gasteiger partial charge in [-0.2, -0.15) is 0 Å². The van der Waals surface area contributed by atoms with Gasteiger partial charge < -0.3 is 0 Å². The summed E-state index contributed by atoms with van der Waals surface area (Å²) in [5.74, 6) is 0.721. The molecule has 30 heavy (non-hydrogen) atoms. The van der Waals surface area contributed by atoms with Gasteiger partial charge in [-0.25, -0.2) is 0 Å². The maximum atomic E-state index is 2.37. The topological polar surface area (TPSA) is 0 Å². The van der Waals surface area contributed by atoms with E-state index in [1.807, 2.05) is 0 Å². The number of benzene rings is 4. The fourth-order valence-electron chi connectivity index (χ4n) is 6.13. The first-order valence-corrected chi connectivity index (χ1v) is 11.0. The fourth-order valence-corrected chi connectivity index (χ4v) is 6.13. The van der Waals surface area contributed by atoms with Gasteiger partial charge in [-0.05, 0) is 94.5 Å². The lowest BCUT2D eigenvalue weighted by atomic mass is 9.76. The molecule has 1 atom stereocenters. The summed E-state index contributed by atoms with van der Waals surface area (Å²) in [6.45, 7) is 9.24. The molecule has 0 spiro atoms. The standard InChI is InChI=1S/C30H26/c1-17-18(2)20(4)28-27(19(17)3)25-15-9-10-16-26(25)30(28)29-23-13-7-5-11-21(23)22-12-6-8-14-24(22)29/h5-16,29-30H,1-4H3. The summed E-state index contributed by atoms with van der Waals surface area (Å²) in [7, 11) is 0. The highest BCUT2D eigenvalue weighted by Gasteiger charge is 2.42. The summed E-state index contributed by atoms with van der Waals surface area (Å²) in [4.78, 5) is 0. The second kappa shape index (κ2) is 6.19. The van der Waals surface area contributed by atoms with E-state index in [9.17, 15) is 0 Å². The van der Waals surface area contributed by atoms with Gasteiger partial charge in [-0.1, -0.05) is 72.8 Å². The van der Waals surface area contributed by atoms with Crippen LogP contribution in [0.4, 0.5) is 0 Å². The van der Waals surface area contributed by atoms with Crippen LogP contribution in [0.15, 0.2) is 72.8 Å². The van der Waals surface area contributed by atoms with Crippen molar-refractivity contribution in [1.82, 2.24) is 0 Å². The van der Waals surface area contributed by atoms with Gasteiger partial charge in [0.15, 0.2) is 0 Å². The van der Waals surface area contributed by atoms with Gasteiger partial charge in [0, 0.05) is 11.8 Å². The molecule has 6 rings (SSSR count). The van der Waals surface area contributed by atoms with Crippen molar-refractivity contribution in [3.63, 3.8) is 0 Å². The van der Waals surface area contributed by atoms with Crippen molar-refractivity contribution in [2.75, 3.05) is 0 Å². The molecule has 4 aromatic carbocycles. The highest BCUT2D eigenvalue weighted by atomic mass is 14.4. The number of fused-ring (bicyclic) bond motifs is 6. The number of hydrogen-bond donors (Lipinski definition) is 0. The molecule has 0 saturated carbocycles. The predicted molar refractivity (Wildman–Crippen MR) is 126 cm³/mol. The van der Waals surface area contributed by atoms with E-state index in [0.29, 0.717) is 11.8 Å². The third-order valence-electron chi connectivity index (χ3n) is 7.83. The Kier molecular flexibility index (Phi) is 3.65. The first-order valence-electron chi connectivity index (χ1n) is 11.0. The lowest BCUT2D eigenvalue weighted by molar-refractivity contribution is 0.718. The quantitative estimate of drug-likeness (QED) is 0.312. The zero-order valence-corrected chi connectivity index (χ0v) is 18.1. The monoisotopic (exact) mass is 386 g/mol. The van der Waals surface area contributed by atoms with Crippen molar-refractivity contribution in [1.29, 1.82) is 0 Å². The van der Waals surface area contributed by atoms with Crippen LogP contribution in [0.25, 0.3) is 22.3 Å². The summed E-state index contributed by atoms with van der Waals surface area (Å²) >= 11 is 0. The Hall–Kier alpha value is -3.12. The lowest BCUT2D eigenvalue weighted by Crippen LogP contribution is -2.12. The van der Waals surface area contributed by atoms with Gasteiger partial charge in [0.05, 0.1) is 0 Å². The molecule has 2 aliphatic carbocycles. The van der Waals surface area contributed by atoms with Gasteiger partial charge in [0.1, 0.15) is 0 Å². The second-order valence-corrected chi connectivity index (χ2v) is 9.01. The smallest absolute Gasteiger partial charge is 0.0214 e. The molecule has 4 aromatic rings. The van der Waals surface area contributed by atoms with Crippen molar-refractivity contribution in [3.8, 4) is 22.3 Å². The first kappa shape index (κ1) is 17.7.